The number of Topliss-reactive ketones (excluding diaryl/α,β-unsaturated/α-hetero) is 1. The molecule has 3 aliphatic carbocycles. The number of unbranched alkanes of at least 4 members (excludes halogenated alkanes) is 1. The number of carbonyl (C=O) groups excluding carboxylic acids is 2. The number of aliphatic carboxylic acids is 1. The van der Waals surface area contributed by atoms with Crippen molar-refractivity contribution in [2.24, 2.45) is 17.8 Å². The van der Waals surface area contributed by atoms with Crippen LogP contribution in [0.3, 0.4) is 0 Å². The van der Waals surface area contributed by atoms with Crippen LogP contribution >= 0.6 is 0 Å². The van der Waals surface area contributed by atoms with Crippen molar-refractivity contribution in [1.29, 1.82) is 0 Å². The third-order valence-electron chi connectivity index (χ3n) is 11.9. The monoisotopic (exact) mass is 653 g/mol. The van der Waals surface area contributed by atoms with E-state index < -0.39 is 57.9 Å². The lowest BCUT2D eigenvalue weighted by atomic mass is 9.55. The lowest BCUT2D eigenvalue weighted by Gasteiger charge is -2.59. The second-order valence-corrected chi connectivity index (χ2v) is 14.8. The Labute approximate surface area is 282 Å². The van der Waals surface area contributed by atoms with Crippen molar-refractivity contribution >= 4 is 11.8 Å². The number of benzene rings is 2. The van der Waals surface area contributed by atoms with Crippen LogP contribution in [-0.2, 0) is 35.6 Å². The van der Waals surface area contributed by atoms with Gasteiger partial charge in [0.05, 0.1) is 30.0 Å². The van der Waals surface area contributed by atoms with E-state index in [9.17, 15) is 19.8 Å². The molecule has 9 atom stereocenters. The summed E-state index contributed by atoms with van der Waals surface area (Å²) in [6, 6.07) is 16.8. The van der Waals surface area contributed by atoms with Crippen LogP contribution in [0, 0.1) is 17.8 Å². The van der Waals surface area contributed by atoms with E-state index in [1.54, 1.807) is 38.1 Å². The van der Waals surface area contributed by atoms with E-state index in [2.05, 4.69) is 20.4 Å². The largest absolute Gasteiger partial charge is 0.549 e. The first-order chi connectivity index (χ1) is 22.8. The zero-order valence-corrected chi connectivity index (χ0v) is 28.4. The predicted octanol–water partition coefficient (Wildman–Crippen LogP) is 5.13. The first-order valence-corrected chi connectivity index (χ1v) is 17.2. The number of hydrogen-bond acceptors (Lipinski definition) is 8. The molecular formula is C40H45O8-. The fourth-order valence-electron chi connectivity index (χ4n) is 9.29. The molecule has 7 rings (SSSR count). The predicted molar refractivity (Wildman–Crippen MR) is 177 cm³/mol. The van der Waals surface area contributed by atoms with Gasteiger partial charge in [0, 0.05) is 18.3 Å². The number of aliphatic hydroxyl groups is 1. The molecule has 48 heavy (non-hydrogen) atoms. The maximum absolute atomic E-state index is 14.1. The summed E-state index contributed by atoms with van der Waals surface area (Å²) in [5, 5.41) is 26.1. The smallest absolute Gasteiger partial charge is 0.289 e. The molecule has 2 heterocycles. The van der Waals surface area contributed by atoms with E-state index in [0.29, 0.717) is 35.5 Å². The topological polar surface area (TPSA) is 114 Å². The first kappa shape index (κ1) is 33.0. The lowest BCUT2D eigenvalue weighted by molar-refractivity contribution is -0.421. The van der Waals surface area contributed by atoms with Crippen molar-refractivity contribution in [3.05, 3.63) is 101 Å². The minimum Gasteiger partial charge on any atom is -0.549 e. The highest BCUT2D eigenvalue weighted by atomic mass is 16.9. The van der Waals surface area contributed by atoms with Gasteiger partial charge in [-0.1, -0.05) is 87.0 Å². The Morgan fingerprint density at radius 2 is 1.83 bits per heavy atom. The Morgan fingerprint density at radius 1 is 1.12 bits per heavy atom. The zero-order valence-electron chi connectivity index (χ0n) is 28.4. The summed E-state index contributed by atoms with van der Waals surface area (Å²) in [4.78, 5) is 27.5. The summed E-state index contributed by atoms with van der Waals surface area (Å²) in [7, 11) is 0. The van der Waals surface area contributed by atoms with Gasteiger partial charge in [-0.25, -0.2) is 0 Å². The molecule has 3 fully saturated rings. The van der Waals surface area contributed by atoms with Crippen LogP contribution in [0.25, 0.3) is 0 Å². The number of carboxylic acids is 1. The summed E-state index contributed by atoms with van der Waals surface area (Å²) >= 11 is 0. The third kappa shape index (κ3) is 4.49. The Kier molecular flexibility index (Phi) is 7.72. The average Bonchev–Trinajstić information content (AvgIpc) is 3.36. The SMILES string of the molecule is C=C(C)C12CC(C)C34OC(Cc5ccccc5)(OC1C3C=C(C(C)(C(=O)[O-])c1ccc(OCCCC)cc1)CC1(O)C(=O)C(C)=CC14)O2. The van der Waals surface area contributed by atoms with E-state index in [0.717, 1.165) is 24.0 Å². The standard InChI is InChI=1S/C40H46O8/c1-7-8-18-45-30-16-14-28(15-17-30)36(6,35(42)43)29-20-31-34-38(24(2)3)21-26(5)40(31,32-19-25(4)33(41)37(32,44)23-29)48-39(46-34,47-38)22-27-12-10-9-11-13-27/h9-17,19-20,26,31-32,34,44H,2,7-8,18,21-23H2,1,3-6H3,(H,42,43)/p-1. The van der Waals surface area contributed by atoms with Gasteiger partial charge in [0.25, 0.3) is 5.97 Å². The molecule has 1 N–H and O–H groups in total. The maximum Gasteiger partial charge on any atom is 0.289 e. The van der Waals surface area contributed by atoms with Crippen LogP contribution in [-0.4, -0.2) is 52.3 Å². The summed E-state index contributed by atoms with van der Waals surface area (Å²) < 4.78 is 26.9. The number of carbonyl (C=O) groups is 2. The van der Waals surface area contributed by atoms with E-state index in [-0.39, 0.29) is 18.8 Å². The molecule has 2 aromatic carbocycles. The van der Waals surface area contributed by atoms with Gasteiger partial charge in [-0.15, -0.1) is 0 Å². The van der Waals surface area contributed by atoms with Crippen LogP contribution in [0.15, 0.2) is 90.0 Å². The summed E-state index contributed by atoms with van der Waals surface area (Å²) in [5.74, 6) is -4.28. The van der Waals surface area contributed by atoms with Crippen molar-refractivity contribution < 1.29 is 38.7 Å². The fourth-order valence-corrected chi connectivity index (χ4v) is 9.29. The summed E-state index contributed by atoms with van der Waals surface area (Å²) in [6.07, 6.45) is 5.57. The van der Waals surface area contributed by atoms with Crippen LogP contribution in [0.4, 0.5) is 0 Å². The van der Waals surface area contributed by atoms with E-state index in [1.165, 1.54) is 0 Å². The lowest BCUT2D eigenvalue weighted by Crippen LogP contribution is -2.70. The number of rotatable bonds is 10. The number of ether oxygens (including phenoxy) is 4. The number of hydrogen-bond donors (Lipinski definition) is 1. The molecule has 5 aliphatic rings. The third-order valence-corrected chi connectivity index (χ3v) is 11.9. The highest BCUT2D eigenvalue weighted by Gasteiger charge is 2.79. The van der Waals surface area contributed by atoms with Crippen LogP contribution < -0.4 is 9.84 Å². The molecule has 254 valence electrons. The molecule has 2 aliphatic heterocycles. The first-order valence-electron chi connectivity index (χ1n) is 17.2. The molecule has 0 aromatic heterocycles. The quantitative estimate of drug-likeness (QED) is 0.277. The fraction of sp³-hybridized carbons (Fsp3) is 0.500. The molecule has 1 saturated carbocycles. The normalized spacial score (nSPS) is 37.5. The Balaban J connectivity index is 1.41. The van der Waals surface area contributed by atoms with Gasteiger partial charge in [0.1, 0.15) is 23.1 Å². The van der Waals surface area contributed by atoms with Gasteiger partial charge in [-0.05, 0) is 73.9 Å². The molecule has 3 bridgehead atoms. The molecule has 8 nitrogen and oxygen atoms in total. The van der Waals surface area contributed by atoms with Crippen molar-refractivity contribution in [2.75, 3.05) is 6.61 Å². The minimum absolute atomic E-state index is 0.211. The Morgan fingerprint density at radius 3 is 2.48 bits per heavy atom. The highest BCUT2D eigenvalue weighted by molar-refractivity contribution is 6.05. The van der Waals surface area contributed by atoms with Crippen molar-refractivity contribution in [2.45, 2.75) is 101 Å². The average molecular weight is 654 g/mol. The van der Waals surface area contributed by atoms with E-state index >= 15 is 0 Å². The van der Waals surface area contributed by atoms with Crippen molar-refractivity contribution in [3.8, 4) is 5.75 Å². The van der Waals surface area contributed by atoms with Crippen LogP contribution in [0.5, 0.6) is 5.75 Å². The molecule has 2 saturated heterocycles. The molecule has 8 heteroatoms. The molecular weight excluding hydrogens is 608 g/mol. The van der Waals surface area contributed by atoms with Gasteiger partial charge in [0.15, 0.2) is 5.78 Å². The Bertz CT molecular complexity index is 1710. The van der Waals surface area contributed by atoms with Gasteiger partial charge >= 0.3 is 0 Å². The second-order valence-electron chi connectivity index (χ2n) is 14.8. The zero-order chi connectivity index (χ0) is 34.3. The van der Waals surface area contributed by atoms with Gasteiger partial charge in [-0.3, -0.25) is 4.79 Å². The van der Waals surface area contributed by atoms with E-state index in [1.807, 2.05) is 49.4 Å². The maximum atomic E-state index is 14.1. The number of fused-ring (bicyclic) bond motifs is 2. The van der Waals surface area contributed by atoms with Gasteiger partial charge < -0.3 is 34.0 Å². The number of ketones is 1. The van der Waals surface area contributed by atoms with Crippen LogP contribution in [0.2, 0.25) is 0 Å². The molecule has 0 amide bonds. The van der Waals surface area contributed by atoms with Gasteiger partial charge in [0.2, 0.25) is 0 Å². The molecule has 0 spiro atoms. The van der Waals surface area contributed by atoms with Gasteiger partial charge in [-0.2, -0.15) is 0 Å². The van der Waals surface area contributed by atoms with Crippen molar-refractivity contribution in [3.63, 3.8) is 0 Å². The summed E-state index contributed by atoms with van der Waals surface area (Å²) in [5.41, 5.74) is -2.83. The minimum atomic E-state index is -1.97. The van der Waals surface area contributed by atoms with Crippen LogP contribution in [0.1, 0.15) is 71.4 Å². The molecule has 2 aromatic rings. The van der Waals surface area contributed by atoms with Crippen molar-refractivity contribution in [1.82, 2.24) is 0 Å². The molecule has 0 radical (unpaired) electrons. The molecule has 9 unspecified atom stereocenters. The summed E-state index contributed by atoms with van der Waals surface area (Å²) in [6.45, 7) is 14.3. The second kappa shape index (κ2) is 11.2. The Hall–Kier alpha value is -3.56. The number of carboxylic acid groups (broad SMARTS) is 1. The highest BCUT2D eigenvalue weighted by Crippen LogP contribution is 2.69. The van der Waals surface area contributed by atoms with E-state index in [4.69, 9.17) is 18.9 Å².